The van der Waals surface area contributed by atoms with Crippen LogP contribution < -0.4 is 11.1 Å². The SMILES string of the molecule is Nc1cc(C(=O)NCCC2CCCCC2)cc(Cl)n1. The van der Waals surface area contributed by atoms with Gasteiger partial charge in [-0.05, 0) is 24.5 Å². The molecule has 1 amide bonds. The van der Waals surface area contributed by atoms with E-state index in [1.807, 2.05) is 0 Å². The molecule has 0 bridgehead atoms. The third-order valence-electron chi connectivity index (χ3n) is 3.64. The number of hydrogen-bond donors (Lipinski definition) is 2. The number of nitrogens with two attached hydrogens (primary N) is 1. The zero-order valence-corrected chi connectivity index (χ0v) is 11.7. The second kappa shape index (κ2) is 6.75. The molecule has 19 heavy (non-hydrogen) atoms. The van der Waals surface area contributed by atoms with Crippen molar-refractivity contribution < 1.29 is 4.79 Å². The van der Waals surface area contributed by atoms with Crippen LogP contribution in [0.15, 0.2) is 12.1 Å². The molecule has 1 heterocycles. The van der Waals surface area contributed by atoms with E-state index >= 15 is 0 Å². The van der Waals surface area contributed by atoms with E-state index in [9.17, 15) is 4.79 Å². The number of hydrogen-bond acceptors (Lipinski definition) is 3. The predicted molar refractivity (Wildman–Crippen MR) is 77.2 cm³/mol. The van der Waals surface area contributed by atoms with Gasteiger partial charge in [0.25, 0.3) is 5.91 Å². The fraction of sp³-hybridized carbons (Fsp3) is 0.571. The molecule has 0 radical (unpaired) electrons. The van der Waals surface area contributed by atoms with Gasteiger partial charge in [-0.25, -0.2) is 4.98 Å². The topological polar surface area (TPSA) is 68.0 Å². The van der Waals surface area contributed by atoms with E-state index in [4.69, 9.17) is 17.3 Å². The number of amides is 1. The van der Waals surface area contributed by atoms with E-state index in [1.165, 1.54) is 38.2 Å². The third-order valence-corrected chi connectivity index (χ3v) is 3.83. The van der Waals surface area contributed by atoms with Gasteiger partial charge in [0.2, 0.25) is 0 Å². The monoisotopic (exact) mass is 281 g/mol. The fourth-order valence-corrected chi connectivity index (χ4v) is 2.83. The van der Waals surface area contributed by atoms with Crippen LogP contribution in [0.1, 0.15) is 48.9 Å². The van der Waals surface area contributed by atoms with Crippen LogP contribution in [0.25, 0.3) is 0 Å². The van der Waals surface area contributed by atoms with E-state index in [-0.39, 0.29) is 16.9 Å². The molecule has 1 aromatic rings. The van der Waals surface area contributed by atoms with Crippen LogP contribution in [-0.4, -0.2) is 17.4 Å². The van der Waals surface area contributed by atoms with Crippen LogP contribution in [0, 0.1) is 5.92 Å². The summed E-state index contributed by atoms with van der Waals surface area (Å²) >= 11 is 5.78. The van der Waals surface area contributed by atoms with Crippen LogP contribution in [0.3, 0.4) is 0 Å². The number of nitrogens with one attached hydrogen (secondary N) is 1. The van der Waals surface area contributed by atoms with Gasteiger partial charge in [-0.15, -0.1) is 0 Å². The van der Waals surface area contributed by atoms with Gasteiger partial charge in [0.1, 0.15) is 11.0 Å². The molecule has 0 aliphatic heterocycles. The standard InChI is InChI=1S/C14H20ClN3O/c15-12-8-11(9-13(16)18-12)14(19)17-7-6-10-4-2-1-3-5-10/h8-10H,1-7H2,(H2,16,18)(H,17,19). The van der Waals surface area contributed by atoms with Crippen molar-refractivity contribution in [1.82, 2.24) is 10.3 Å². The van der Waals surface area contributed by atoms with Crippen molar-refractivity contribution in [1.29, 1.82) is 0 Å². The quantitative estimate of drug-likeness (QED) is 0.834. The number of rotatable bonds is 4. The van der Waals surface area contributed by atoms with E-state index in [1.54, 1.807) is 6.07 Å². The van der Waals surface area contributed by atoms with Crippen LogP contribution >= 0.6 is 11.6 Å². The molecule has 1 fully saturated rings. The second-order valence-corrected chi connectivity index (χ2v) is 5.54. The zero-order valence-electron chi connectivity index (χ0n) is 11.0. The third kappa shape index (κ3) is 4.39. The Morgan fingerprint density at radius 2 is 2.11 bits per heavy atom. The van der Waals surface area contributed by atoms with Gasteiger partial charge in [0.15, 0.2) is 0 Å². The van der Waals surface area contributed by atoms with Gasteiger partial charge >= 0.3 is 0 Å². The van der Waals surface area contributed by atoms with Crippen molar-refractivity contribution in [3.05, 3.63) is 22.8 Å². The Bertz CT molecular complexity index is 424. The Kier molecular flexibility index (Phi) is 5.02. The molecule has 0 spiro atoms. The summed E-state index contributed by atoms with van der Waals surface area (Å²) in [6.07, 6.45) is 7.66. The average molecular weight is 282 g/mol. The van der Waals surface area contributed by atoms with Gasteiger partial charge in [-0.2, -0.15) is 0 Å². The summed E-state index contributed by atoms with van der Waals surface area (Å²) in [7, 11) is 0. The van der Waals surface area contributed by atoms with E-state index in [0.717, 1.165) is 12.3 Å². The van der Waals surface area contributed by atoms with Crippen molar-refractivity contribution >= 4 is 23.3 Å². The van der Waals surface area contributed by atoms with Gasteiger partial charge in [0.05, 0.1) is 0 Å². The lowest BCUT2D eigenvalue weighted by Gasteiger charge is -2.21. The summed E-state index contributed by atoms with van der Waals surface area (Å²) in [6.45, 7) is 0.712. The molecule has 1 aromatic heterocycles. The molecule has 1 aliphatic carbocycles. The van der Waals surface area contributed by atoms with Gasteiger partial charge < -0.3 is 11.1 Å². The zero-order chi connectivity index (χ0) is 13.7. The Hall–Kier alpha value is -1.29. The molecule has 3 N–H and O–H groups in total. The molecule has 2 rings (SSSR count). The summed E-state index contributed by atoms with van der Waals surface area (Å²) in [6, 6.07) is 3.08. The van der Waals surface area contributed by atoms with Crippen molar-refractivity contribution in [2.75, 3.05) is 12.3 Å². The molecule has 1 saturated carbocycles. The number of nitrogens with zero attached hydrogens (tertiary/aromatic N) is 1. The van der Waals surface area contributed by atoms with Gasteiger partial charge in [-0.1, -0.05) is 43.7 Å². The number of pyridine rings is 1. The maximum Gasteiger partial charge on any atom is 0.251 e. The highest BCUT2D eigenvalue weighted by molar-refractivity contribution is 6.29. The largest absolute Gasteiger partial charge is 0.384 e. The first-order valence-corrected chi connectivity index (χ1v) is 7.24. The van der Waals surface area contributed by atoms with E-state index in [0.29, 0.717) is 12.1 Å². The first kappa shape index (κ1) is 14.1. The van der Waals surface area contributed by atoms with E-state index in [2.05, 4.69) is 10.3 Å². The number of nitrogen functional groups attached to an aromatic ring is 1. The second-order valence-electron chi connectivity index (χ2n) is 5.15. The molecular formula is C14H20ClN3O. The van der Waals surface area contributed by atoms with E-state index < -0.39 is 0 Å². The van der Waals surface area contributed by atoms with Crippen molar-refractivity contribution in [2.24, 2.45) is 5.92 Å². The Morgan fingerprint density at radius 3 is 2.79 bits per heavy atom. The van der Waals surface area contributed by atoms with Crippen LogP contribution in [0.4, 0.5) is 5.82 Å². The van der Waals surface area contributed by atoms with Crippen LogP contribution in [0.2, 0.25) is 5.15 Å². The lowest BCUT2D eigenvalue weighted by molar-refractivity contribution is 0.0950. The van der Waals surface area contributed by atoms with Crippen LogP contribution in [-0.2, 0) is 0 Å². The number of aromatic nitrogens is 1. The Balaban J connectivity index is 1.80. The number of anilines is 1. The highest BCUT2D eigenvalue weighted by Gasteiger charge is 2.14. The number of halogens is 1. The fourth-order valence-electron chi connectivity index (χ4n) is 2.62. The average Bonchev–Trinajstić information content (AvgIpc) is 2.38. The van der Waals surface area contributed by atoms with Gasteiger partial charge in [0, 0.05) is 12.1 Å². The number of carbonyl (C=O) groups excluding carboxylic acids is 1. The Labute approximate surface area is 118 Å². The molecule has 0 atom stereocenters. The molecule has 0 saturated heterocycles. The molecule has 1 aliphatic rings. The Morgan fingerprint density at radius 1 is 1.37 bits per heavy atom. The van der Waals surface area contributed by atoms with Crippen LogP contribution in [0.5, 0.6) is 0 Å². The minimum Gasteiger partial charge on any atom is -0.384 e. The van der Waals surface area contributed by atoms with Gasteiger partial charge in [-0.3, -0.25) is 4.79 Å². The maximum absolute atomic E-state index is 11.9. The lowest BCUT2D eigenvalue weighted by atomic mass is 9.87. The first-order valence-electron chi connectivity index (χ1n) is 6.86. The molecule has 0 aromatic carbocycles. The summed E-state index contributed by atoms with van der Waals surface area (Å²) in [5, 5.41) is 3.17. The molecular weight excluding hydrogens is 262 g/mol. The maximum atomic E-state index is 11.9. The lowest BCUT2D eigenvalue weighted by Crippen LogP contribution is -2.26. The summed E-state index contributed by atoms with van der Waals surface area (Å²) in [5.74, 6) is 0.900. The molecule has 5 heteroatoms. The van der Waals surface area contributed by atoms with Crippen molar-refractivity contribution in [3.8, 4) is 0 Å². The summed E-state index contributed by atoms with van der Waals surface area (Å²) < 4.78 is 0. The summed E-state index contributed by atoms with van der Waals surface area (Å²) in [4.78, 5) is 15.8. The highest BCUT2D eigenvalue weighted by Crippen LogP contribution is 2.25. The predicted octanol–water partition coefficient (Wildman–Crippen LogP) is 3.02. The first-order chi connectivity index (χ1) is 9.15. The summed E-state index contributed by atoms with van der Waals surface area (Å²) in [5.41, 5.74) is 6.04. The van der Waals surface area contributed by atoms with Crippen molar-refractivity contribution in [3.63, 3.8) is 0 Å². The molecule has 104 valence electrons. The highest BCUT2D eigenvalue weighted by atomic mass is 35.5. The molecule has 4 nitrogen and oxygen atoms in total. The van der Waals surface area contributed by atoms with Crippen molar-refractivity contribution in [2.45, 2.75) is 38.5 Å². The minimum absolute atomic E-state index is 0.133. The number of carbonyl (C=O) groups is 1. The smallest absolute Gasteiger partial charge is 0.251 e. The minimum atomic E-state index is -0.133. The molecule has 0 unspecified atom stereocenters. The normalized spacial score (nSPS) is 16.3.